The van der Waals surface area contributed by atoms with Gasteiger partial charge in [-0.1, -0.05) is 78.4 Å². The minimum Gasteiger partial charge on any atom is -0.0614 e. The van der Waals surface area contributed by atoms with Crippen molar-refractivity contribution in [3.05, 3.63) is 94.5 Å². The van der Waals surface area contributed by atoms with Gasteiger partial charge in [0.25, 0.3) is 0 Å². The molecule has 3 aromatic carbocycles. The van der Waals surface area contributed by atoms with Gasteiger partial charge in [-0.3, -0.25) is 0 Å². The van der Waals surface area contributed by atoms with E-state index in [0.717, 1.165) is 0 Å². The normalized spacial score (nSPS) is 12.9. The van der Waals surface area contributed by atoms with Crippen molar-refractivity contribution in [3.63, 3.8) is 0 Å². The molecule has 0 amide bonds. The molecule has 0 atom stereocenters. The Morgan fingerprint density at radius 1 is 0.652 bits per heavy atom. The molecular weight excluding hydrogens is 276 g/mol. The average Bonchev–Trinajstić information content (AvgIpc) is 2.55. The van der Waals surface area contributed by atoms with Gasteiger partial charge in [-0.15, -0.1) is 0 Å². The summed E-state index contributed by atoms with van der Waals surface area (Å²) in [5, 5.41) is 0. The summed E-state index contributed by atoms with van der Waals surface area (Å²) in [6, 6.07) is 24.2. The van der Waals surface area contributed by atoms with Gasteiger partial charge in [0, 0.05) is 0 Å². The molecule has 0 nitrogen and oxygen atoms in total. The van der Waals surface area contributed by atoms with Crippen molar-refractivity contribution >= 4 is 12.2 Å². The predicted molar refractivity (Wildman–Crippen MR) is 99.4 cm³/mol. The third-order valence-corrected chi connectivity index (χ3v) is 4.60. The van der Waals surface area contributed by atoms with Gasteiger partial charge in [-0.25, -0.2) is 0 Å². The summed E-state index contributed by atoms with van der Waals surface area (Å²) in [7, 11) is 0. The van der Waals surface area contributed by atoms with Crippen molar-refractivity contribution in [2.45, 2.75) is 19.8 Å². The van der Waals surface area contributed by atoms with Crippen molar-refractivity contribution in [2.24, 2.45) is 0 Å². The molecule has 23 heavy (non-hydrogen) atoms. The fourth-order valence-corrected chi connectivity index (χ4v) is 3.16. The van der Waals surface area contributed by atoms with Crippen LogP contribution in [-0.4, -0.2) is 0 Å². The lowest BCUT2D eigenvalue weighted by Crippen LogP contribution is -2.07. The molecule has 0 heterocycles. The molecular formula is C23H20. The fourth-order valence-electron chi connectivity index (χ4n) is 3.16. The molecule has 4 rings (SSSR count). The van der Waals surface area contributed by atoms with E-state index in [4.69, 9.17) is 0 Å². The molecule has 0 heteroatoms. The Balaban J connectivity index is 1.60. The Kier molecular flexibility index (Phi) is 3.59. The topological polar surface area (TPSA) is 0 Å². The van der Waals surface area contributed by atoms with Gasteiger partial charge >= 0.3 is 0 Å². The second-order valence-electron chi connectivity index (χ2n) is 6.36. The fraction of sp³-hybridized carbons (Fsp3) is 0.130. The first-order valence-corrected chi connectivity index (χ1v) is 8.25. The number of aryl methyl sites for hydroxylation is 3. The van der Waals surface area contributed by atoms with Crippen LogP contribution in [0, 0.1) is 6.92 Å². The summed E-state index contributed by atoms with van der Waals surface area (Å²) < 4.78 is 0. The van der Waals surface area contributed by atoms with Crippen LogP contribution in [0.3, 0.4) is 0 Å². The van der Waals surface area contributed by atoms with Crippen LogP contribution in [0.4, 0.5) is 0 Å². The Hall–Kier alpha value is -2.60. The van der Waals surface area contributed by atoms with Crippen molar-refractivity contribution in [1.82, 2.24) is 0 Å². The van der Waals surface area contributed by atoms with E-state index < -0.39 is 0 Å². The van der Waals surface area contributed by atoms with Gasteiger partial charge in [-0.05, 0) is 59.2 Å². The zero-order valence-electron chi connectivity index (χ0n) is 13.4. The first kappa shape index (κ1) is 14.0. The van der Waals surface area contributed by atoms with Gasteiger partial charge < -0.3 is 0 Å². The first-order chi connectivity index (χ1) is 11.3. The SMILES string of the molecule is Cc1cccc(-c2cccc(/C=C/c3ccc4c(c3)CC4)c2)c1. The molecule has 0 unspecified atom stereocenters. The molecule has 0 radical (unpaired) electrons. The van der Waals surface area contributed by atoms with E-state index in [0.29, 0.717) is 0 Å². The molecule has 0 spiro atoms. The van der Waals surface area contributed by atoms with E-state index in [-0.39, 0.29) is 0 Å². The maximum atomic E-state index is 2.32. The van der Waals surface area contributed by atoms with Crippen LogP contribution in [0.15, 0.2) is 66.7 Å². The van der Waals surface area contributed by atoms with Crippen molar-refractivity contribution in [2.75, 3.05) is 0 Å². The van der Waals surface area contributed by atoms with E-state index >= 15 is 0 Å². The number of hydrogen-bond acceptors (Lipinski definition) is 0. The second kappa shape index (κ2) is 5.89. The highest BCUT2D eigenvalue weighted by Crippen LogP contribution is 2.25. The highest BCUT2D eigenvalue weighted by Gasteiger charge is 2.11. The molecule has 0 saturated carbocycles. The Morgan fingerprint density at radius 3 is 2.04 bits per heavy atom. The summed E-state index contributed by atoms with van der Waals surface area (Å²) in [5.41, 5.74) is 9.42. The number of benzene rings is 3. The van der Waals surface area contributed by atoms with E-state index in [1.807, 2.05) is 0 Å². The zero-order valence-corrected chi connectivity index (χ0v) is 13.4. The summed E-state index contributed by atoms with van der Waals surface area (Å²) in [6.45, 7) is 2.14. The second-order valence-corrected chi connectivity index (χ2v) is 6.36. The van der Waals surface area contributed by atoms with Crippen LogP contribution in [0.25, 0.3) is 23.3 Å². The highest BCUT2D eigenvalue weighted by molar-refractivity contribution is 5.74. The highest BCUT2D eigenvalue weighted by atomic mass is 14.2. The summed E-state index contributed by atoms with van der Waals surface area (Å²) in [4.78, 5) is 0. The maximum absolute atomic E-state index is 2.32. The maximum Gasteiger partial charge on any atom is -0.0178 e. The van der Waals surface area contributed by atoms with Crippen LogP contribution in [-0.2, 0) is 12.8 Å². The van der Waals surface area contributed by atoms with Crippen molar-refractivity contribution in [1.29, 1.82) is 0 Å². The van der Waals surface area contributed by atoms with Gasteiger partial charge in [0.15, 0.2) is 0 Å². The van der Waals surface area contributed by atoms with E-state index in [9.17, 15) is 0 Å². The summed E-state index contributed by atoms with van der Waals surface area (Å²) >= 11 is 0. The van der Waals surface area contributed by atoms with Gasteiger partial charge in [-0.2, -0.15) is 0 Å². The van der Waals surface area contributed by atoms with Gasteiger partial charge in [0.05, 0.1) is 0 Å². The molecule has 0 saturated heterocycles. The summed E-state index contributed by atoms with van der Waals surface area (Å²) in [5.74, 6) is 0. The molecule has 0 aliphatic heterocycles. The van der Waals surface area contributed by atoms with E-state index in [2.05, 4.69) is 85.8 Å². The van der Waals surface area contributed by atoms with Crippen molar-refractivity contribution in [3.8, 4) is 11.1 Å². The van der Waals surface area contributed by atoms with Crippen LogP contribution in [0.1, 0.15) is 27.8 Å². The number of fused-ring (bicyclic) bond motifs is 1. The quantitative estimate of drug-likeness (QED) is 0.525. The summed E-state index contributed by atoms with van der Waals surface area (Å²) in [6.07, 6.45) is 6.91. The van der Waals surface area contributed by atoms with Crippen LogP contribution >= 0.6 is 0 Å². The third kappa shape index (κ3) is 2.98. The molecule has 112 valence electrons. The van der Waals surface area contributed by atoms with Crippen molar-refractivity contribution < 1.29 is 0 Å². The Morgan fingerprint density at radius 2 is 1.35 bits per heavy atom. The Bertz CT molecular complexity index is 884. The lowest BCUT2D eigenvalue weighted by molar-refractivity contribution is 0.839. The predicted octanol–water partition coefficient (Wildman–Crippen LogP) is 5.93. The number of hydrogen-bond donors (Lipinski definition) is 0. The minimum absolute atomic E-state index is 1.24. The largest absolute Gasteiger partial charge is 0.0614 e. The van der Waals surface area contributed by atoms with Gasteiger partial charge in [0.2, 0.25) is 0 Å². The van der Waals surface area contributed by atoms with Crippen LogP contribution in [0.5, 0.6) is 0 Å². The van der Waals surface area contributed by atoms with E-state index in [1.165, 1.54) is 51.8 Å². The molecule has 1 aliphatic carbocycles. The molecule has 1 aliphatic rings. The lowest BCUT2D eigenvalue weighted by Gasteiger charge is -2.18. The molecule has 0 N–H and O–H groups in total. The first-order valence-electron chi connectivity index (χ1n) is 8.25. The molecule has 3 aromatic rings. The smallest absolute Gasteiger partial charge is 0.0178 e. The monoisotopic (exact) mass is 296 g/mol. The number of rotatable bonds is 3. The third-order valence-electron chi connectivity index (χ3n) is 4.60. The minimum atomic E-state index is 1.24. The molecule has 0 bridgehead atoms. The zero-order chi connectivity index (χ0) is 15.6. The van der Waals surface area contributed by atoms with Crippen LogP contribution < -0.4 is 0 Å². The van der Waals surface area contributed by atoms with E-state index in [1.54, 1.807) is 0 Å². The lowest BCUT2D eigenvalue weighted by atomic mass is 9.87. The van der Waals surface area contributed by atoms with Crippen LogP contribution in [0.2, 0.25) is 0 Å². The average molecular weight is 296 g/mol. The molecule has 0 fully saturated rings. The molecule has 0 aromatic heterocycles. The standard InChI is InChI=1S/C23H20/c1-17-4-2-6-21(14-17)22-7-3-5-18(15-22)8-9-19-10-11-20-12-13-23(20)16-19/h2-11,14-16H,12-13H2,1H3/b9-8+. The van der Waals surface area contributed by atoms with Gasteiger partial charge in [0.1, 0.15) is 0 Å². The Labute approximate surface area is 138 Å².